The lowest BCUT2D eigenvalue weighted by atomic mass is 9.88. The molecule has 2 atom stereocenters. The predicted octanol–water partition coefficient (Wildman–Crippen LogP) is 5.54. The van der Waals surface area contributed by atoms with Crippen LogP contribution in [0.1, 0.15) is 46.1 Å². The third kappa shape index (κ3) is 5.72. The maximum atomic E-state index is 11.8. The van der Waals surface area contributed by atoms with E-state index in [0.717, 1.165) is 16.5 Å². The highest BCUT2D eigenvalue weighted by molar-refractivity contribution is 7.90. The minimum Gasteiger partial charge on any atom is -0.368 e. The Hall–Kier alpha value is -3.75. The lowest BCUT2D eigenvalue weighted by Crippen LogP contribution is -2.57. The van der Waals surface area contributed by atoms with Crippen molar-refractivity contribution < 1.29 is 8.42 Å². The van der Waals surface area contributed by atoms with Gasteiger partial charge in [-0.25, -0.2) is 23.4 Å². The Bertz CT molecular complexity index is 1780. The van der Waals surface area contributed by atoms with Crippen molar-refractivity contribution in [1.29, 1.82) is 5.26 Å². The van der Waals surface area contributed by atoms with Crippen LogP contribution >= 0.6 is 11.6 Å². The van der Waals surface area contributed by atoms with Gasteiger partial charge in [0.2, 0.25) is 0 Å². The molecule has 1 aliphatic rings. The number of anilines is 3. The predicted molar refractivity (Wildman–Crippen MR) is 162 cm³/mol. The SMILES string of the molecule is CC(C)c1ccc(N2C[C@H](CS(C)(=O)=O)[C@H]2C)c2cnc(Nc3ccnc(-c4cn(C(C)(C)C#N)nc4Cl)n3)cc12. The van der Waals surface area contributed by atoms with E-state index in [9.17, 15) is 13.7 Å². The van der Waals surface area contributed by atoms with Gasteiger partial charge in [0, 0.05) is 54.4 Å². The molecule has 0 unspecified atom stereocenters. The minimum absolute atomic E-state index is 0.109. The summed E-state index contributed by atoms with van der Waals surface area (Å²) in [6.45, 7) is 10.6. The van der Waals surface area contributed by atoms with E-state index in [1.54, 1.807) is 32.3 Å². The summed E-state index contributed by atoms with van der Waals surface area (Å²) >= 11 is 6.39. The molecule has 0 saturated carbocycles. The number of nitrogens with zero attached hydrogens (tertiary/aromatic N) is 7. The number of sulfone groups is 1. The van der Waals surface area contributed by atoms with Crippen LogP contribution in [-0.4, -0.2) is 57.7 Å². The van der Waals surface area contributed by atoms with Gasteiger partial charge in [0.25, 0.3) is 0 Å². The van der Waals surface area contributed by atoms with Gasteiger partial charge in [0.15, 0.2) is 11.0 Å². The van der Waals surface area contributed by atoms with Crippen LogP contribution in [-0.2, 0) is 15.4 Å². The van der Waals surface area contributed by atoms with Crippen molar-refractivity contribution in [3.05, 3.63) is 53.6 Å². The normalized spacial score (nSPS) is 17.5. The number of aromatic nitrogens is 5. The van der Waals surface area contributed by atoms with Crippen LogP contribution in [0.4, 0.5) is 17.3 Å². The molecule has 214 valence electrons. The number of pyridine rings is 1. The molecular weight excluding hydrogens is 560 g/mol. The summed E-state index contributed by atoms with van der Waals surface area (Å²) in [7, 11) is -3.03. The van der Waals surface area contributed by atoms with Gasteiger partial charge >= 0.3 is 0 Å². The molecule has 4 aromatic rings. The molecule has 4 heterocycles. The summed E-state index contributed by atoms with van der Waals surface area (Å²) in [6.07, 6.45) is 6.46. The molecule has 0 aliphatic carbocycles. The van der Waals surface area contributed by atoms with Crippen LogP contribution < -0.4 is 10.2 Å². The molecule has 1 fully saturated rings. The second kappa shape index (κ2) is 10.6. The number of hydrogen-bond donors (Lipinski definition) is 1. The van der Waals surface area contributed by atoms with E-state index in [1.165, 1.54) is 16.5 Å². The molecule has 41 heavy (non-hydrogen) atoms. The van der Waals surface area contributed by atoms with E-state index >= 15 is 0 Å². The molecule has 3 aromatic heterocycles. The van der Waals surface area contributed by atoms with E-state index in [0.29, 0.717) is 29.6 Å². The fourth-order valence-corrected chi connectivity index (χ4v) is 6.56. The molecule has 1 aliphatic heterocycles. The Morgan fingerprint density at radius 1 is 1.20 bits per heavy atom. The number of hydrogen-bond acceptors (Lipinski definition) is 9. The first-order valence-electron chi connectivity index (χ1n) is 13.4. The zero-order chi connectivity index (χ0) is 29.7. The van der Waals surface area contributed by atoms with Crippen molar-refractivity contribution in [2.45, 2.75) is 52.1 Å². The van der Waals surface area contributed by atoms with E-state index < -0.39 is 15.4 Å². The summed E-state index contributed by atoms with van der Waals surface area (Å²) in [5, 5.41) is 19.3. The lowest BCUT2D eigenvalue weighted by molar-refractivity contribution is 0.342. The van der Waals surface area contributed by atoms with Crippen LogP contribution in [0.5, 0.6) is 0 Å². The minimum atomic E-state index is -3.03. The number of halogens is 1. The molecule has 1 saturated heterocycles. The van der Waals surface area contributed by atoms with Crippen LogP contribution in [0.2, 0.25) is 5.15 Å². The van der Waals surface area contributed by atoms with E-state index in [2.05, 4.69) is 64.3 Å². The quantitative estimate of drug-likeness (QED) is 0.280. The average Bonchev–Trinajstić information content (AvgIpc) is 3.32. The summed E-state index contributed by atoms with van der Waals surface area (Å²) in [6, 6.07) is 10.4. The highest BCUT2D eigenvalue weighted by atomic mass is 35.5. The smallest absolute Gasteiger partial charge is 0.166 e. The number of fused-ring (bicyclic) bond motifs is 1. The van der Waals surface area contributed by atoms with Gasteiger partial charge in [-0.1, -0.05) is 31.5 Å². The fraction of sp³-hybridized carbons (Fsp3) is 0.414. The Kier molecular flexibility index (Phi) is 7.42. The molecule has 1 aromatic carbocycles. The lowest BCUT2D eigenvalue weighted by Gasteiger charge is -2.48. The molecule has 0 amide bonds. The summed E-state index contributed by atoms with van der Waals surface area (Å²) in [4.78, 5) is 16.0. The first-order chi connectivity index (χ1) is 19.3. The number of nitriles is 1. The molecular formula is C29H33ClN8O2S. The fourth-order valence-electron chi connectivity index (χ4n) is 5.19. The molecule has 0 bridgehead atoms. The molecule has 1 N–H and O–H groups in total. The van der Waals surface area contributed by atoms with Crippen molar-refractivity contribution in [3.63, 3.8) is 0 Å². The van der Waals surface area contributed by atoms with E-state index in [1.807, 2.05) is 12.3 Å². The molecule has 5 rings (SSSR count). The Labute approximate surface area is 245 Å². The Morgan fingerprint density at radius 3 is 2.61 bits per heavy atom. The Morgan fingerprint density at radius 2 is 1.95 bits per heavy atom. The van der Waals surface area contributed by atoms with Crippen molar-refractivity contribution in [2.24, 2.45) is 5.92 Å². The van der Waals surface area contributed by atoms with Gasteiger partial charge in [-0.2, -0.15) is 10.4 Å². The highest BCUT2D eigenvalue weighted by Crippen LogP contribution is 2.39. The molecule has 12 heteroatoms. The summed E-state index contributed by atoms with van der Waals surface area (Å²) in [5.41, 5.74) is 1.90. The van der Waals surface area contributed by atoms with Gasteiger partial charge < -0.3 is 10.2 Å². The van der Waals surface area contributed by atoms with Gasteiger partial charge in [-0.3, -0.25) is 4.68 Å². The van der Waals surface area contributed by atoms with E-state index in [4.69, 9.17) is 16.6 Å². The zero-order valence-electron chi connectivity index (χ0n) is 23.9. The standard InChI is InChI=1S/C29H33ClN8O2S/c1-17(2)20-7-8-24(37-13-19(18(37)3)15-41(6,39)40)22-12-33-26(11-21(20)22)34-25-9-10-32-28(35-25)23-14-38(36-27(23)30)29(4,5)16-31/h7-12,14,17-19H,13,15H2,1-6H3,(H,32,33,34,35)/t18-,19-/m1/s1. The van der Waals surface area contributed by atoms with Crippen LogP contribution in [0.25, 0.3) is 22.2 Å². The number of rotatable bonds is 8. The van der Waals surface area contributed by atoms with Crippen molar-refractivity contribution in [3.8, 4) is 17.5 Å². The van der Waals surface area contributed by atoms with Crippen molar-refractivity contribution >= 4 is 49.5 Å². The maximum Gasteiger partial charge on any atom is 0.166 e. The average molecular weight is 593 g/mol. The van der Waals surface area contributed by atoms with Gasteiger partial charge in [-0.05, 0) is 55.8 Å². The van der Waals surface area contributed by atoms with Crippen LogP contribution in [0.3, 0.4) is 0 Å². The topological polar surface area (TPSA) is 130 Å². The monoisotopic (exact) mass is 592 g/mol. The second-order valence-corrected chi connectivity index (χ2v) is 14.1. The first kappa shape index (κ1) is 28.8. The van der Waals surface area contributed by atoms with Gasteiger partial charge in [0.1, 0.15) is 27.0 Å². The van der Waals surface area contributed by atoms with Gasteiger partial charge in [0.05, 0.1) is 17.4 Å². The molecule has 0 spiro atoms. The first-order valence-corrected chi connectivity index (χ1v) is 15.9. The maximum absolute atomic E-state index is 11.8. The van der Waals surface area contributed by atoms with Crippen molar-refractivity contribution in [1.82, 2.24) is 24.7 Å². The largest absolute Gasteiger partial charge is 0.368 e. The highest BCUT2D eigenvalue weighted by Gasteiger charge is 2.38. The number of benzene rings is 1. The van der Waals surface area contributed by atoms with Crippen LogP contribution in [0, 0.1) is 17.2 Å². The zero-order valence-corrected chi connectivity index (χ0v) is 25.5. The third-order valence-corrected chi connectivity index (χ3v) is 8.95. The third-order valence-electron chi connectivity index (χ3n) is 7.63. The van der Waals surface area contributed by atoms with E-state index in [-0.39, 0.29) is 28.8 Å². The summed E-state index contributed by atoms with van der Waals surface area (Å²) in [5.74, 6) is 2.13. The van der Waals surface area contributed by atoms with Crippen molar-refractivity contribution in [2.75, 3.05) is 28.8 Å². The van der Waals surface area contributed by atoms with Crippen LogP contribution in [0.15, 0.2) is 42.9 Å². The summed E-state index contributed by atoms with van der Waals surface area (Å²) < 4.78 is 25.2. The second-order valence-electron chi connectivity index (χ2n) is 11.5. The number of nitrogens with one attached hydrogen (secondary N) is 1. The molecule has 10 nitrogen and oxygen atoms in total. The van der Waals surface area contributed by atoms with Gasteiger partial charge in [-0.15, -0.1) is 0 Å². The Balaban J connectivity index is 1.45. The molecule has 0 radical (unpaired) electrons.